The Labute approximate surface area is 202 Å². The van der Waals surface area contributed by atoms with Gasteiger partial charge in [0.15, 0.2) is 0 Å². The molecule has 12 heteroatoms. The first-order valence-corrected chi connectivity index (χ1v) is 12.8. The first-order chi connectivity index (χ1) is 16.5. The molecule has 0 aromatic carbocycles. The number of carbonyl (C=O) groups excluding carboxylic acids is 1. The van der Waals surface area contributed by atoms with Crippen LogP contribution < -0.4 is 15.8 Å². The summed E-state index contributed by atoms with van der Waals surface area (Å²) < 4.78 is 50.1. The summed E-state index contributed by atoms with van der Waals surface area (Å²) >= 11 is 0. The Balaban J connectivity index is 1.73. The largest absolute Gasteiger partial charge is 0.461 e. The van der Waals surface area contributed by atoms with Gasteiger partial charge in [-0.2, -0.15) is 0 Å². The second-order valence-electron chi connectivity index (χ2n) is 9.17. The molecule has 2 aromatic heterocycles. The Morgan fingerprint density at radius 1 is 1.26 bits per heavy atom. The number of nitrogens with one attached hydrogen (secondary N) is 1. The van der Waals surface area contributed by atoms with Crippen LogP contribution in [-0.4, -0.2) is 49.3 Å². The van der Waals surface area contributed by atoms with Crippen molar-refractivity contribution < 1.29 is 22.5 Å². The van der Waals surface area contributed by atoms with Crippen LogP contribution in [0.1, 0.15) is 56.2 Å². The topological polar surface area (TPSA) is 132 Å². The van der Waals surface area contributed by atoms with Gasteiger partial charge in [-0.3, -0.25) is 9.79 Å². The van der Waals surface area contributed by atoms with Crippen LogP contribution in [0.4, 0.5) is 14.6 Å². The summed E-state index contributed by atoms with van der Waals surface area (Å²) in [6.07, 6.45) is 3.27. The molecular formula is C23H28F2N6O3S. The summed E-state index contributed by atoms with van der Waals surface area (Å²) in [4.78, 5) is 25.6. The highest BCUT2D eigenvalue weighted by Gasteiger charge is 2.56. The standard InChI is InChI=1S/C23H28F2N6O3S/c1-22(2)21(26)31-23(3,17-6-4-5-11-28-35(17,22)33)19-15(25)8-10-18(29-19)30-20(32)16-9-7-14(12-27-16)34-13-24/h7-10,12,17H,4-6,11,13H2,1-3H3,(H2,26,31)(H,29,30,32)/t17-,23+,35+/m1/s1. The molecule has 2 aliphatic rings. The van der Waals surface area contributed by atoms with Crippen molar-refractivity contribution in [3.8, 4) is 5.75 Å². The van der Waals surface area contributed by atoms with Gasteiger partial charge in [-0.25, -0.2) is 27.3 Å². The molecule has 35 heavy (non-hydrogen) atoms. The second kappa shape index (κ2) is 9.14. The van der Waals surface area contributed by atoms with Gasteiger partial charge in [-0.15, -0.1) is 0 Å². The smallest absolute Gasteiger partial charge is 0.275 e. The van der Waals surface area contributed by atoms with Gasteiger partial charge < -0.3 is 15.8 Å². The highest BCUT2D eigenvalue weighted by Crippen LogP contribution is 2.46. The molecule has 0 bridgehead atoms. The third-order valence-corrected chi connectivity index (χ3v) is 10.3. The molecule has 0 spiro atoms. The SMILES string of the molecule is CC1(C)C(N)=N[C@](C)(c2nc(NC(=O)c3ccc(OCF)cn3)ccc2F)[C@H]2CCCCN=[S@]21=O. The fourth-order valence-corrected chi connectivity index (χ4v) is 7.75. The molecule has 2 aromatic rings. The molecule has 4 heterocycles. The van der Waals surface area contributed by atoms with Crippen molar-refractivity contribution in [1.29, 1.82) is 0 Å². The number of alkyl halides is 1. The maximum atomic E-state index is 15.2. The molecule has 1 amide bonds. The van der Waals surface area contributed by atoms with E-state index in [0.29, 0.717) is 13.0 Å². The first-order valence-electron chi connectivity index (χ1n) is 11.2. The van der Waals surface area contributed by atoms with Crippen LogP contribution >= 0.6 is 0 Å². The van der Waals surface area contributed by atoms with Crippen LogP contribution in [0.25, 0.3) is 0 Å². The van der Waals surface area contributed by atoms with Crippen molar-refractivity contribution in [3.63, 3.8) is 0 Å². The van der Waals surface area contributed by atoms with Gasteiger partial charge in [-0.1, -0.05) is 6.42 Å². The first kappa shape index (κ1) is 25.0. The molecule has 4 rings (SSSR count). The van der Waals surface area contributed by atoms with E-state index in [1.807, 2.05) is 0 Å². The Kier molecular flexibility index (Phi) is 6.52. The lowest BCUT2D eigenvalue weighted by atomic mass is 9.88. The lowest BCUT2D eigenvalue weighted by molar-refractivity contribution is 0.102. The van der Waals surface area contributed by atoms with Crippen LogP contribution in [0.2, 0.25) is 0 Å². The molecule has 0 saturated carbocycles. The van der Waals surface area contributed by atoms with Crippen molar-refractivity contribution in [2.24, 2.45) is 15.1 Å². The number of pyridine rings is 2. The van der Waals surface area contributed by atoms with E-state index in [-0.39, 0.29) is 28.8 Å². The molecule has 0 fully saturated rings. The van der Waals surface area contributed by atoms with Crippen LogP contribution in [0.15, 0.2) is 39.8 Å². The van der Waals surface area contributed by atoms with E-state index < -0.39 is 43.8 Å². The Morgan fingerprint density at radius 3 is 2.71 bits per heavy atom. The van der Waals surface area contributed by atoms with E-state index in [2.05, 4.69) is 29.4 Å². The predicted octanol–water partition coefficient (Wildman–Crippen LogP) is 3.56. The molecule has 0 saturated heterocycles. The predicted molar refractivity (Wildman–Crippen MR) is 129 cm³/mol. The molecule has 2 aliphatic heterocycles. The van der Waals surface area contributed by atoms with Crippen molar-refractivity contribution in [1.82, 2.24) is 9.97 Å². The fraction of sp³-hybridized carbons (Fsp3) is 0.478. The zero-order valence-electron chi connectivity index (χ0n) is 19.8. The van der Waals surface area contributed by atoms with E-state index in [9.17, 15) is 13.4 Å². The van der Waals surface area contributed by atoms with Crippen LogP contribution in [-0.2, 0) is 15.3 Å². The van der Waals surface area contributed by atoms with Gasteiger partial charge in [0.1, 0.15) is 44.9 Å². The van der Waals surface area contributed by atoms with E-state index >= 15 is 4.39 Å². The minimum absolute atomic E-state index is 0.0300. The van der Waals surface area contributed by atoms with Gasteiger partial charge in [0.25, 0.3) is 5.91 Å². The average molecular weight is 507 g/mol. The number of rotatable bonds is 5. The van der Waals surface area contributed by atoms with Crippen molar-refractivity contribution in [3.05, 3.63) is 47.7 Å². The maximum Gasteiger partial charge on any atom is 0.275 e. The van der Waals surface area contributed by atoms with Gasteiger partial charge in [0, 0.05) is 6.54 Å². The summed E-state index contributed by atoms with van der Waals surface area (Å²) in [5, 5.41) is 1.97. The lowest BCUT2D eigenvalue weighted by Gasteiger charge is -2.45. The zero-order chi connectivity index (χ0) is 25.4. The number of aromatic nitrogens is 2. The lowest BCUT2D eigenvalue weighted by Crippen LogP contribution is -2.59. The van der Waals surface area contributed by atoms with Crippen molar-refractivity contribution in [2.45, 2.75) is 55.6 Å². The van der Waals surface area contributed by atoms with E-state index in [1.165, 1.54) is 30.5 Å². The number of nitrogens with two attached hydrogens (primary N) is 1. The van der Waals surface area contributed by atoms with Crippen molar-refractivity contribution >= 4 is 27.3 Å². The van der Waals surface area contributed by atoms with Gasteiger partial charge >= 0.3 is 0 Å². The average Bonchev–Trinajstić information content (AvgIpc) is 3.03. The number of amides is 1. The fourth-order valence-electron chi connectivity index (χ4n) is 4.52. The molecule has 0 aliphatic carbocycles. The molecule has 0 unspecified atom stereocenters. The number of hydrogen-bond acceptors (Lipinski definition) is 8. The van der Waals surface area contributed by atoms with Crippen LogP contribution in [0, 0.1) is 5.82 Å². The molecule has 0 radical (unpaired) electrons. The quantitative estimate of drug-likeness (QED) is 0.637. The van der Waals surface area contributed by atoms with Gasteiger partial charge in [-0.05, 0) is 57.9 Å². The number of aliphatic imine (C=N–C) groups is 1. The van der Waals surface area contributed by atoms with Gasteiger partial charge in [0.2, 0.25) is 6.86 Å². The van der Waals surface area contributed by atoms with Crippen LogP contribution in [0.5, 0.6) is 5.75 Å². The summed E-state index contributed by atoms with van der Waals surface area (Å²) in [6.45, 7) is 4.61. The number of hydrogen-bond donors (Lipinski definition) is 2. The number of ether oxygens (including phenoxy) is 1. The number of nitrogens with zero attached hydrogens (tertiary/aromatic N) is 4. The normalized spacial score (nSPS) is 27.6. The zero-order valence-corrected chi connectivity index (χ0v) is 20.6. The number of halogens is 2. The maximum absolute atomic E-state index is 15.2. The summed E-state index contributed by atoms with van der Waals surface area (Å²) in [6, 6.07) is 5.26. The minimum atomic E-state index is -2.93. The summed E-state index contributed by atoms with van der Waals surface area (Å²) in [5.74, 6) is -0.893. The summed E-state index contributed by atoms with van der Waals surface area (Å²) in [5.41, 5.74) is 4.91. The third-order valence-electron chi connectivity index (χ3n) is 6.63. The highest BCUT2D eigenvalue weighted by molar-refractivity contribution is 7.96. The van der Waals surface area contributed by atoms with E-state index in [0.717, 1.165) is 12.8 Å². The minimum Gasteiger partial charge on any atom is -0.461 e. The third kappa shape index (κ3) is 4.24. The van der Waals surface area contributed by atoms with E-state index in [1.54, 1.807) is 20.8 Å². The molecular weight excluding hydrogens is 478 g/mol. The van der Waals surface area contributed by atoms with E-state index in [4.69, 9.17) is 5.73 Å². The Morgan fingerprint density at radius 2 is 2.03 bits per heavy atom. The molecule has 3 N–H and O–H groups in total. The van der Waals surface area contributed by atoms with Crippen molar-refractivity contribution in [2.75, 3.05) is 18.7 Å². The number of anilines is 1. The highest BCUT2D eigenvalue weighted by atomic mass is 32.2. The van der Waals surface area contributed by atoms with Gasteiger partial charge in [0.05, 0.1) is 21.2 Å². The van der Waals surface area contributed by atoms with Crippen LogP contribution in [0.3, 0.4) is 0 Å². The monoisotopic (exact) mass is 506 g/mol. The number of fused-ring (bicyclic) bond motifs is 1. The summed E-state index contributed by atoms with van der Waals surface area (Å²) in [7, 11) is -2.93. The Bertz CT molecular complexity index is 1290. The molecule has 188 valence electrons. The molecule has 3 atom stereocenters. The number of carbonyl (C=O) groups is 1. The molecule has 9 nitrogen and oxygen atoms in total. The second-order valence-corrected chi connectivity index (χ2v) is 12.2. The Hall–Kier alpha value is -3.15. The number of amidine groups is 1.